The first-order valence-electron chi connectivity index (χ1n) is 0. The molecule has 0 N–H and O–H groups in total. The summed E-state index contributed by atoms with van der Waals surface area (Å²) in [4.78, 5) is 0. The Labute approximate surface area is 99.4 Å². The zero-order chi connectivity index (χ0) is 0. The topological polar surface area (TPSA) is 0 Å². The zero-order valence-electron chi connectivity index (χ0n) is 2.01. The van der Waals surface area contributed by atoms with Crippen molar-refractivity contribution in [3.63, 3.8) is 0 Å². The normalized spacial score (nSPS) is 0. The van der Waals surface area contributed by atoms with Crippen molar-refractivity contribution in [1.82, 2.24) is 0 Å². The molecule has 0 aromatic carbocycles. The molecule has 0 saturated carbocycles. The summed E-state index contributed by atoms with van der Waals surface area (Å²) in [5.41, 5.74) is 0. The second-order valence-electron chi connectivity index (χ2n) is 0. The van der Waals surface area contributed by atoms with Crippen LogP contribution in [0.1, 0.15) is 0 Å². The largest absolute Gasteiger partial charge is 0 e. The maximum atomic E-state index is 0. The van der Waals surface area contributed by atoms with Crippen molar-refractivity contribution in [2.24, 2.45) is 0 Å². The molecule has 18 valence electrons. The summed E-state index contributed by atoms with van der Waals surface area (Å²) >= 11 is 0. The van der Waals surface area contributed by atoms with Crippen molar-refractivity contribution in [3.05, 3.63) is 0 Å². The quantitative estimate of drug-likeness (QED) is 0.523. The van der Waals surface area contributed by atoms with Gasteiger partial charge in [0.15, 0.2) is 0 Å². The summed E-state index contributed by atoms with van der Waals surface area (Å²) in [6.45, 7) is 0. The molecule has 4 radical (unpaired) electrons. The smallest absolute Gasteiger partial charge is 0 e. The Morgan fingerprint density at radius 3 is 1.00 bits per heavy atom. The van der Waals surface area contributed by atoms with Crippen LogP contribution in [0.4, 0.5) is 0 Å². The second-order valence-corrected chi connectivity index (χ2v) is 0. The predicted octanol–water partition coefficient (Wildman–Crippen LogP) is -0.383. The van der Waals surface area contributed by atoms with Gasteiger partial charge in [0.1, 0.15) is 0 Å². The summed E-state index contributed by atoms with van der Waals surface area (Å²) in [5, 5.41) is 0. The molecule has 0 heterocycles. The van der Waals surface area contributed by atoms with Crippen molar-refractivity contribution in [2.45, 2.75) is 0 Å². The fraction of sp³-hybridized carbons (Fsp3) is 0. The van der Waals surface area contributed by atoms with Crippen LogP contribution in [0.5, 0.6) is 0 Å². The Balaban J connectivity index is 0. The molecule has 4 heteroatoms. The molecular formula is BFeLaNd. The molecule has 0 aromatic heterocycles. The van der Waals surface area contributed by atoms with E-state index in [1.807, 2.05) is 0 Å². The van der Waals surface area contributed by atoms with Gasteiger partial charge in [0, 0.05) is 102 Å². The van der Waals surface area contributed by atoms with Crippen LogP contribution in [0.3, 0.4) is 0 Å². The monoisotopic (exact) mass is 348 g/mol. The Bertz CT molecular complexity index is 8.00. The van der Waals surface area contributed by atoms with E-state index in [-0.39, 0.29) is 102 Å². The van der Waals surface area contributed by atoms with Crippen LogP contribution < -0.4 is 0 Å². The van der Waals surface area contributed by atoms with Gasteiger partial charge >= 0.3 is 0 Å². The molecule has 0 aliphatic carbocycles. The van der Waals surface area contributed by atoms with Crippen LogP contribution in [-0.2, 0) is 17.1 Å². The van der Waals surface area contributed by atoms with Gasteiger partial charge in [-0.2, -0.15) is 0 Å². The van der Waals surface area contributed by atoms with Crippen LogP contribution in [-0.4, -0.2) is 8.41 Å². The van der Waals surface area contributed by atoms with Crippen LogP contribution in [0.15, 0.2) is 0 Å². The summed E-state index contributed by atoms with van der Waals surface area (Å²) in [7, 11) is 0. The molecule has 0 fully saturated rings. The molecule has 0 saturated heterocycles. The standard InChI is InChI=1S/B.Fe.La.Nd. The molecule has 4 heavy (non-hydrogen) atoms. The van der Waals surface area contributed by atoms with Crippen molar-refractivity contribution >= 4 is 8.41 Å². The van der Waals surface area contributed by atoms with Crippen LogP contribution >= 0.6 is 0 Å². The van der Waals surface area contributed by atoms with Crippen LogP contribution in [0, 0.1) is 76.4 Å². The number of hydrogen-bond donors (Lipinski definition) is 0. The maximum absolute atomic E-state index is 0. The molecule has 0 nitrogen and oxygen atoms in total. The van der Waals surface area contributed by atoms with Gasteiger partial charge < -0.3 is 0 Å². The third kappa shape index (κ3) is 8.93. The van der Waals surface area contributed by atoms with Crippen molar-refractivity contribution in [1.29, 1.82) is 0 Å². The minimum Gasteiger partial charge on any atom is 0 e. The van der Waals surface area contributed by atoms with Crippen molar-refractivity contribution in [3.8, 4) is 0 Å². The Morgan fingerprint density at radius 1 is 1.00 bits per heavy atom. The fourth-order valence-corrected chi connectivity index (χ4v) is 0. The molecule has 0 rings (SSSR count). The van der Waals surface area contributed by atoms with E-state index in [9.17, 15) is 0 Å². The summed E-state index contributed by atoms with van der Waals surface area (Å²) in [5.74, 6) is 0. The summed E-state index contributed by atoms with van der Waals surface area (Å²) in [6, 6.07) is 0. The van der Waals surface area contributed by atoms with Crippen molar-refractivity contribution < 1.29 is 93.5 Å². The van der Waals surface area contributed by atoms with E-state index >= 15 is 0 Å². The Kier molecular flexibility index (Phi) is 113. The first-order valence-corrected chi connectivity index (χ1v) is 0. The molecule has 0 aliphatic rings. The van der Waals surface area contributed by atoms with E-state index in [1.165, 1.54) is 0 Å². The third-order valence-corrected chi connectivity index (χ3v) is 0. The third-order valence-electron chi connectivity index (χ3n) is 0. The van der Waals surface area contributed by atoms with Gasteiger partial charge in [-0.15, -0.1) is 0 Å². The minimum absolute atomic E-state index is 0. The van der Waals surface area contributed by atoms with Crippen molar-refractivity contribution in [2.75, 3.05) is 0 Å². The van der Waals surface area contributed by atoms with E-state index in [0.29, 0.717) is 0 Å². The molecule has 0 aliphatic heterocycles. The Morgan fingerprint density at radius 2 is 1.00 bits per heavy atom. The molecule has 0 atom stereocenters. The molecule has 0 bridgehead atoms. The average Bonchev–Trinajstić information content (AvgIpc) is 0. The average molecular weight is 350 g/mol. The minimum atomic E-state index is 0. The van der Waals surface area contributed by atoms with Gasteiger partial charge in [-0.1, -0.05) is 0 Å². The molecule has 0 unspecified atom stereocenters. The number of hydrogen-bond acceptors (Lipinski definition) is 0. The van der Waals surface area contributed by atoms with E-state index in [2.05, 4.69) is 0 Å². The van der Waals surface area contributed by atoms with Gasteiger partial charge in [0.05, 0.1) is 0 Å². The van der Waals surface area contributed by atoms with E-state index in [4.69, 9.17) is 0 Å². The van der Waals surface area contributed by atoms with Gasteiger partial charge in [0.2, 0.25) is 0 Å². The van der Waals surface area contributed by atoms with Gasteiger partial charge in [-0.25, -0.2) is 0 Å². The van der Waals surface area contributed by atoms with Crippen LogP contribution in [0.25, 0.3) is 0 Å². The number of rotatable bonds is 0. The summed E-state index contributed by atoms with van der Waals surface area (Å²) < 4.78 is 0. The fourth-order valence-electron chi connectivity index (χ4n) is 0. The SMILES string of the molecule is [B].[Fe].[La].[Nd]. The van der Waals surface area contributed by atoms with E-state index < -0.39 is 0 Å². The summed E-state index contributed by atoms with van der Waals surface area (Å²) in [6.07, 6.45) is 0. The molecule has 0 spiro atoms. The maximum Gasteiger partial charge on any atom is 0 e. The van der Waals surface area contributed by atoms with E-state index in [1.54, 1.807) is 0 Å². The van der Waals surface area contributed by atoms with Gasteiger partial charge in [-0.05, 0) is 0 Å². The van der Waals surface area contributed by atoms with Gasteiger partial charge in [-0.3, -0.25) is 0 Å². The Hall–Kier alpha value is 3.13. The first-order chi connectivity index (χ1) is 0. The zero-order valence-corrected chi connectivity index (χ0v) is 9.95. The molecule has 0 aromatic rings. The first kappa shape index (κ1) is 27.3. The van der Waals surface area contributed by atoms with E-state index in [0.717, 1.165) is 0 Å². The molecule has 0 amide bonds. The molecular weight excluding hydrogens is 350 g/mol. The second kappa shape index (κ2) is 16.5. The van der Waals surface area contributed by atoms with Gasteiger partial charge in [0.25, 0.3) is 0 Å². The predicted molar refractivity (Wildman–Crippen MR) is 5.75 cm³/mol. The van der Waals surface area contributed by atoms with Crippen LogP contribution in [0.2, 0.25) is 0 Å².